The quantitative estimate of drug-likeness (QED) is 0.730. The maximum atomic E-state index is 10.6. The number of carbonyl (C=O) groups is 2. The van der Waals surface area contributed by atoms with Gasteiger partial charge in [-0.1, -0.05) is 0 Å². The van der Waals surface area contributed by atoms with E-state index in [4.69, 9.17) is 9.47 Å². The fraction of sp³-hybridized carbons (Fsp3) is 0.500. The van der Waals surface area contributed by atoms with Gasteiger partial charge in [0.2, 0.25) is 0 Å². The maximum Gasteiger partial charge on any atom is 0.302 e. The molecule has 0 fully saturated rings. The maximum absolute atomic E-state index is 10.6. The normalized spacial score (nSPS) is 10.0. The Hall–Kier alpha value is -1.36. The number of rotatable bonds is 6. The highest BCUT2D eigenvalue weighted by Crippen LogP contribution is 2.17. The molecule has 0 aliphatic carbocycles. The second kappa shape index (κ2) is 7.06. The first-order chi connectivity index (χ1) is 8.08. The van der Waals surface area contributed by atoms with Gasteiger partial charge in [0.25, 0.3) is 0 Å². The van der Waals surface area contributed by atoms with Gasteiger partial charge in [-0.25, -0.2) is 0 Å². The van der Waals surface area contributed by atoms with E-state index in [2.05, 4.69) is 0 Å². The first kappa shape index (κ1) is 13.7. The molecule has 1 heterocycles. The lowest BCUT2D eigenvalue weighted by atomic mass is 10.3. The molecule has 0 aliphatic rings. The van der Waals surface area contributed by atoms with Crippen LogP contribution in [0.5, 0.6) is 0 Å². The van der Waals surface area contributed by atoms with Crippen LogP contribution in [-0.4, -0.2) is 25.2 Å². The van der Waals surface area contributed by atoms with Crippen molar-refractivity contribution in [3.63, 3.8) is 0 Å². The van der Waals surface area contributed by atoms with Crippen molar-refractivity contribution in [3.8, 4) is 0 Å². The summed E-state index contributed by atoms with van der Waals surface area (Å²) < 4.78 is 9.73. The fourth-order valence-electron chi connectivity index (χ4n) is 1.28. The minimum Gasteiger partial charge on any atom is -0.465 e. The summed E-state index contributed by atoms with van der Waals surface area (Å²) in [6.07, 6.45) is 1.47. The molecule has 0 saturated carbocycles. The van der Waals surface area contributed by atoms with Gasteiger partial charge < -0.3 is 9.47 Å². The van der Waals surface area contributed by atoms with E-state index in [0.29, 0.717) is 13.2 Å². The lowest BCUT2D eigenvalue weighted by Gasteiger charge is -2.00. The van der Waals surface area contributed by atoms with Crippen LogP contribution in [0, 0.1) is 0 Å². The zero-order valence-corrected chi connectivity index (χ0v) is 10.8. The summed E-state index contributed by atoms with van der Waals surface area (Å²) in [7, 11) is 0. The zero-order chi connectivity index (χ0) is 12.7. The Morgan fingerprint density at radius 2 is 1.41 bits per heavy atom. The summed E-state index contributed by atoms with van der Waals surface area (Å²) in [6.45, 7) is 3.64. The minimum absolute atomic E-state index is 0.253. The Bertz CT molecular complexity index is 349. The Morgan fingerprint density at radius 1 is 1.00 bits per heavy atom. The number of hydrogen-bond donors (Lipinski definition) is 0. The van der Waals surface area contributed by atoms with E-state index in [1.165, 1.54) is 23.6 Å². The van der Waals surface area contributed by atoms with Crippen LogP contribution in [0.15, 0.2) is 12.1 Å². The van der Waals surface area contributed by atoms with E-state index in [1.54, 1.807) is 11.3 Å². The third kappa shape index (κ3) is 6.06. The van der Waals surface area contributed by atoms with Crippen molar-refractivity contribution in [3.05, 3.63) is 21.9 Å². The van der Waals surface area contributed by atoms with Crippen LogP contribution in [-0.2, 0) is 31.9 Å². The van der Waals surface area contributed by atoms with Gasteiger partial charge in [-0.2, -0.15) is 0 Å². The van der Waals surface area contributed by atoms with E-state index < -0.39 is 0 Å². The smallest absolute Gasteiger partial charge is 0.302 e. The summed E-state index contributed by atoms with van der Waals surface area (Å²) in [5, 5.41) is 0. The molecule has 0 atom stereocenters. The van der Waals surface area contributed by atoms with E-state index in [9.17, 15) is 9.59 Å². The molecule has 0 saturated heterocycles. The summed E-state index contributed by atoms with van der Waals surface area (Å²) in [4.78, 5) is 23.5. The summed E-state index contributed by atoms with van der Waals surface area (Å²) >= 11 is 1.65. The van der Waals surface area contributed by atoms with Crippen LogP contribution in [0.2, 0.25) is 0 Å². The Morgan fingerprint density at radius 3 is 1.76 bits per heavy atom. The summed E-state index contributed by atoms with van der Waals surface area (Å²) in [5.74, 6) is -0.506. The fourth-order valence-corrected chi connectivity index (χ4v) is 2.26. The van der Waals surface area contributed by atoms with Gasteiger partial charge in [-0.3, -0.25) is 9.59 Å². The van der Waals surface area contributed by atoms with E-state index in [-0.39, 0.29) is 11.9 Å². The molecule has 4 nitrogen and oxygen atoms in total. The van der Waals surface area contributed by atoms with Crippen LogP contribution in [0.25, 0.3) is 0 Å². The van der Waals surface area contributed by atoms with Crippen molar-refractivity contribution in [2.24, 2.45) is 0 Å². The lowest BCUT2D eigenvalue weighted by Crippen LogP contribution is -2.02. The highest BCUT2D eigenvalue weighted by atomic mass is 32.1. The SMILES string of the molecule is CC(=O)OCCc1ccc(CCOC(C)=O)s1. The predicted octanol–water partition coefficient (Wildman–Crippen LogP) is 1.96. The number of ether oxygens (including phenoxy) is 2. The average molecular weight is 256 g/mol. The molecule has 1 aromatic rings. The van der Waals surface area contributed by atoms with E-state index in [1.807, 2.05) is 12.1 Å². The number of hydrogen-bond acceptors (Lipinski definition) is 5. The van der Waals surface area contributed by atoms with Crippen LogP contribution >= 0.6 is 11.3 Å². The molecule has 0 bridgehead atoms. The van der Waals surface area contributed by atoms with Gasteiger partial charge in [0, 0.05) is 36.4 Å². The average Bonchev–Trinajstić information content (AvgIpc) is 2.65. The first-order valence-electron chi connectivity index (χ1n) is 5.42. The van der Waals surface area contributed by atoms with Gasteiger partial charge in [0.15, 0.2) is 0 Å². The monoisotopic (exact) mass is 256 g/mol. The van der Waals surface area contributed by atoms with Crippen molar-refractivity contribution in [1.82, 2.24) is 0 Å². The minimum atomic E-state index is -0.253. The molecule has 94 valence electrons. The predicted molar refractivity (Wildman–Crippen MR) is 65.0 cm³/mol. The molecule has 0 radical (unpaired) electrons. The number of carbonyl (C=O) groups excluding carboxylic acids is 2. The van der Waals surface area contributed by atoms with Crippen molar-refractivity contribution >= 4 is 23.3 Å². The Labute approximate surface area is 105 Å². The Balaban J connectivity index is 2.27. The molecule has 1 aromatic heterocycles. The van der Waals surface area contributed by atoms with E-state index in [0.717, 1.165) is 12.8 Å². The third-order valence-corrected chi connectivity index (χ3v) is 3.23. The van der Waals surface area contributed by atoms with Crippen LogP contribution in [0.4, 0.5) is 0 Å². The number of thiophene rings is 1. The largest absolute Gasteiger partial charge is 0.465 e. The van der Waals surface area contributed by atoms with E-state index >= 15 is 0 Å². The number of esters is 2. The lowest BCUT2D eigenvalue weighted by molar-refractivity contribution is -0.141. The second-order valence-electron chi connectivity index (χ2n) is 3.55. The van der Waals surface area contributed by atoms with Crippen LogP contribution in [0.1, 0.15) is 23.6 Å². The van der Waals surface area contributed by atoms with Gasteiger partial charge in [0.1, 0.15) is 0 Å². The third-order valence-electron chi connectivity index (χ3n) is 2.02. The molecule has 0 unspecified atom stereocenters. The molecule has 5 heteroatoms. The molecule has 1 rings (SSSR count). The highest BCUT2D eigenvalue weighted by molar-refractivity contribution is 7.11. The van der Waals surface area contributed by atoms with Gasteiger partial charge in [-0.05, 0) is 12.1 Å². The topological polar surface area (TPSA) is 52.6 Å². The second-order valence-corrected chi connectivity index (χ2v) is 4.80. The highest BCUT2D eigenvalue weighted by Gasteiger charge is 2.02. The van der Waals surface area contributed by atoms with Gasteiger partial charge >= 0.3 is 11.9 Å². The molecule has 0 aromatic carbocycles. The van der Waals surface area contributed by atoms with Crippen molar-refractivity contribution in [2.45, 2.75) is 26.7 Å². The summed E-state index contributed by atoms with van der Waals surface area (Å²) in [6, 6.07) is 4.02. The van der Waals surface area contributed by atoms with Crippen LogP contribution < -0.4 is 0 Å². The zero-order valence-electron chi connectivity index (χ0n) is 10.0. The molecular weight excluding hydrogens is 240 g/mol. The standard InChI is InChI=1S/C12H16O4S/c1-9(13)15-7-5-11-3-4-12(17-11)6-8-16-10(2)14/h3-4H,5-8H2,1-2H3. The van der Waals surface area contributed by atoms with Crippen molar-refractivity contribution in [1.29, 1.82) is 0 Å². The van der Waals surface area contributed by atoms with Crippen LogP contribution in [0.3, 0.4) is 0 Å². The van der Waals surface area contributed by atoms with Gasteiger partial charge in [0.05, 0.1) is 13.2 Å². The first-order valence-corrected chi connectivity index (χ1v) is 6.24. The van der Waals surface area contributed by atoms with Gasteiger partial charge in [-0.15, -0.1) is 11.3 Å². The molecule has 0 amide bonds. The van der Waals surface area contributed by atoms with Crippen molar-refractivity contribution < 1.29 is 19.1 Å². The Kier molecular flexibility index (Phi) is 5.69. The molecule has 17 heavy (non-hydrogen) atoms. The van der Waals surface area contributed by atoms with Crippen molar-refractivity contribution in [2.75, 3.05) is 13.2 Å². The summed E-state index contributed by atoms with van der Waals surface area (Å²) in [5.41, 5.74) is 0. The molecule has 0 N–H and O–H groups in total. The molecule has 0 aliphatic heterocycles. The molecular formula is C12H16O4S. The molecule has 0 spiro atoms.